The minimum atomic E-state index is -3.74. The lowest BCUT2D eigenvalue weighted by Crippen LogP contribution is -2.36. The number of carbonyl (C=O) groups is 1. The van der Waals surface area contributed by atoms with Gasteiger partial charge in [0.2, 0.25) is 10.0 Å². The van der Waals surface area contributed by atoms with Crippen molar-refractivity contribution in [2.24, 2.45) is 5.92 Å². The Morgan fingerprint density at radius 1 is 1.11 bits per heavy atom. The van der Waals surface area contributed by atoms with Crippen molar-refractivity contribution in [1.82, 2.24) is 9.62 Å². The predicted octanol–water partition coefficient (Wildman–Crippen LogP) is 5.23. The van der Waals surface area contributed by atoms with E-state index in [1.54, 1.807) is 6.92 Å². The minimum Gasteiger partial charge on any atom is -0.465 e. The summed E-state index contributed by atoms with van der Waals surface area (Å²) in [5, 5.41) is 18.3. The number of hydrogen-bond acceptors (Lipinski definition) is 5. The summed E-state index contributed by atoms with van der Waals surface area (Å²) in [6, 6.07) is 14.0. The normalized spacial score (nSPS) is 12.4. The second kappa shape index (κ2) is 20.4. The molecule has 0 spiro atoms. The van der Waals surface area contributed by atoms with Crippen LogP contribution < -0.4 is 5.32 Å². The lowest BCUT2D eigenvalue weighted by atomic mass is 10.2. The third-order valence-electron chi connectivity index (χ3n) is 4.96. The van der Waals surface area contributed by atoms with Crippen molar-refractivity contribution >= 4 is 16.1 Å². The number of sulfonamides is 1. The number of carboxylic acid groups (broad SMARTS) is 1. The largest absolute Gasteiger partial charge is 0.465 e. The standard InChI is InChI=1S/C15H23FN2O4S.C7H8.C4H8O.C2H6O/c1-11(2)10-18(8-4-7-17-15(19)20)23(21,22)13-5-6-14(16)12(3)9-13;1-7-5-3-2-4-6-7;1-2-4-5-3-1;1-2-3/h5-6,9,11,17H,4,7-8,10H2,1-3H3,(H,19,20);2-6H,1H3;1-4H2;3H,2H2,1H3. The SMILES string of the molecule is C1CCOC1.CCO.Cc1cc(S(=O)(=O)N(CCCNC(=O)O)CC(C)C)ccc1F.Cc1ccccc1. The highest BCUT2D eigenvalue weighted by Crippen LogP contribution is 2.20. The van der Waals surface area contributed by atoms with Gasteiger partial charge in [-0.1, -0.05) is 49.7 Å². The predicted molar refractivity (Wildman–Crippen MR) is 149 cm³/mol. The van der Waals surface area contributed by atoms with Crippen LogP contribution in [0, 0.1) is 25.6 Å². The molecule has 38 heavy (non-hydrogen) atoms. The molecule has 10 heteroatoms. The zero-order valence-corrected chi connectivity index (χ0v) is 24.1. The topological polar surface area (TPSA) is 116 Å². The van der Waals surface area contributed by atoms with Crippen LogP contribution in [-0.2, 0) is 14.8 Å². The van der Waals surface area contributed by atoms with Crippen LogP contribution in [0.4, 0.5) is 9.18 Å². The summed E-state index contributed by atoms with van der Waals surface area (Å²) in [6.45, 7) is 12.0. The number of halogens is 1. The summed E-state index contributed by atoms with van der Waals surface area (Å²) in [5.41, 5.74) is 1.59. The van der Waals surface area contributed by atoms with E-state index in [4.69, 9.17) is 14.9 Å². The lowest BCUT2D eigenvalue weighted by Gasteiger charge is -2.24. The van der Waals surface area contributed by atoms with Crippen LogP contribution in [0.2, 0.25) is 0 Å². The van der Waals surface area contributed by atoms with Crippen LogP contribution in [0.3, 0.4) is 0 Å². The molecule has 0 unspecified atom stereocenters. The average Bonchev–Trinajstić information content (AvgIpc) is 3.44. The number of nitrogens with zero attached hydrogens (tertiary/aromatic N) is 1. The molecule has 0 atom stereocenters. The van der Waals surface area contributed by atoms with Crippen LogP contribution in [-0.4, -0.2) is 68.5 Å². The van der Waals surface area contributed by atoms with Gasteiger partial charge in [0.05, 0.1) is 4.90 Å². The van der Waals surface area contributed by atoms with Gasteiger partial charge in [0.15, 0.2) is 0 Å². The minimum absolute atomic E-state index is 0.0447. The molecule has 1 amide bonds. The van der Waals surface area contributed by atoms with Gasteiger partial charge in [-0.2, -0.15) is 4.31 Å². The lowest BCUT2D eigenvalue weighted by molar-refractivity contribution is 0.194. The summed E-state index contributed by atoms with van der Waals surface area (Å²) in [4.78, 5) is 10.5. The first-order valence-corrected chi connectivity index (χ1v) is 14.3. The summed E-state index contributed by atoms with van der Waals surface area (Å²) in [5.74, 6) is -0.344. The second-order valence-electron chi connectivity index (χ2n) is 9.04. The summed E-state index contributed by atoms with van der Waals surface area (Å²) < 4.78 is 45.1. The molecule has 3 rings (SSSR count). The Hall–Kier alpha value is -2.53. The molecule has 0 radical (unpaired) electrons. The summed E-state index contributed by atoms with van der Waals surface area (Å²) >= 11 is 0. The van der Waals surface area contributed by atoms with Crippen molar-refractivity contribution in [3.8, 4) is 0 Å². The number of aliphatic hydroxyl groups is 1. The Kier molecular flexibility index (Phi) is 19.1. The van der Waals surface area contributed by atoms with E-state index in [-0.39, 0.29) is 36.1 Å². The van der Waals surface area contributed by atoms with Gasteiger partial charge >= 0.3 is 6.09 Å². The first kappa shape index (κ1) is 35.5. The maximum Gasteiger partial charge on any atom is 0.404 e. The highest BCUT2D eigenvalue weighted by Gasteiger charge is 2.25. The maximum atomic E-state index is 13.3. The van der Waals surface area contributed by atoms with Gasteiger partial charge in [-0.3, -0.25) is 0 Å². The number of benzene rings is 2. The van der Waals surface area contributed by atoms with E-state index >= 15 is 0 Å². The molecule has 1 aliphatic heterocycles. The Morgan fingerprint density at radius 3 is 2.08 bits per heavy atom. The Labute approximate surface area is 227 Å². The molecule has 0 aliphatic carbocycles. The van der Waals surface area contributed by atoms with E-state index in [2.05, 4.69) is 24.4 Å². The third kappa shape index (κ3) is 16.3. The Bertz CT molecular complexity index is 992. The zero-order valence-electron chi connectivity index (χ0n) is 23.3. The van der Waals surface area contributed by atoms with E-state index in [0.717, 1.165) is 19.3 Å². The third-order valence-corrected chi connectivity index (χ3v) is 6.83. The van der Waals surface area contributed by atoms with Crippen molar-refractivity contribution in [2.75, 3.05) is 39.5 Å². The first-order valence-electron chi connectivity index (χ1n) is 12.9. The van der Waals surface area contributed by atoms with Crippen molar-refractivity contribution in [3.63, 3.8) is 0 Å². The highest BCUT2D eigenvalue weighted by molar-refractivity contribution is 7.89. The van der Waals surface area contributed by atoms with E-state index in [1.807, 2.05) is 32.0 Å². The molecule has 0 bridgehead atoms. The fraction of sp³-hybridized carbons (Fsp3) is 0.536. The van der Waals surface area contributed by atoms with Gasteiger partial charge in [0, 0.05) is 39.5 Å². The van der Waals surface area contributed by atoms with Crippen LogP contribution in [0.1, 0.15) is 51.2 Å². The van der Waals surface area contributed by atoms with Crippen LogP contribution >= 0.6 is 0 Å². The number of amides is 1. The average molecular weight is 557 g/mol. The molecule has 0 saturated carbocycles. The number of aliphatic hydroxyl groups excluding tert-OH is 1. The van der Waals surface area contributed by atoms with Crippen molar-refractivity contribution in [3.05, 3.63) is 65.5 Å². The van der Waals surface area contributed by atoms with Crippen molar-refractivity contribution in [1.29, 1.82) is 0 Å². The van der Waals surface area contributed by atoms with Gasteiger partial charge in [0.25, 0.3) is 0 Å². The molecule has 2 aromatic rings. The van der Waals surface area contributed by atoms with E-state index in [9.17, 15) is 17.6 Å². The quantitative estimate of drug-likeness (QED) is 0.384. The van der Waals surface area contributed by atoms with Crippen LogP contribution in [0.5, 0.6) is 0 Å². The highest BCUT2D eigenvalue weighted by atomic mass is 32.2. The van der Waals surface area contributed by atoms with Gasteiger partial charge in [-0.25, -0.2) is 17.6 Å². The molecule has 3 N–H and O–H groups in total. The van der Waals surface area contributed by atoms with Gasteiger partial charge < -0.3 is 20.3 Å². The fourth-order valence-electron chi connectivity index (χ4n) is 3.14. The van der Waals surface area contributed by atoms with Crippen molar-refractivity contribution < 1.29 is 32.6 Å². The summed E-state index contributed by atoms with van der Waals surface area (Å²) in [6.07, 6.45) is 1.77. The number of aryl methyl sites for hydroxylation is 2. The molecular weight excluding hydrogens is 511 g/mol. The van der Waals surface area contributed by atoms with E-state index in [1.165, 1.54) is 41.8 Å². The monoisotopic (exact) mass is 556 g/mol. The second-order valence-corrected chi connectivity index (χ2v) is 11.0. The molecule has 8 nitrogen and oxygen atoms in total. The number of rotatable bonds is 8. The molecule has 1 fully saturated rings. The first-order chi connectivity index (χ1) is 17.9. The Morgan fingerprint density at radius 2 is 1.68 bits per heavy atom. The number of ether oxygens (including phenoxy) is 1. The smallest absolute Gasteiger partial charge is 0.404 e. The van der Waals surface area contributed by atoms with Crippen molar-refractivity contribution in [2.45, 2.75) is 58.8 Å². The van der Waals surface area contributed by atoms with Crippen LogP contribution in [0.25, 0.3) is 0 Å². The molecule has 216 valence electrons. The molecule has 1 aliphatic rings. The van der Waals surface area contributed by atoms with Crippen LogP contribution in [0.15, 0.2) is 53.4 Å². The molecule has 1 saturated heterocycles. The molecule has 0 aromatic heterocycles. The van der Waals surface area contributed by atoms with Gasteiger partial charge in [-0.05, 0) is 69.7 Å². The number of hydrogen-bond donors (Lipinski definition) is 3. The van der Waals surface area contributed by atoms with E-state index < -0.39 is 21.9 Å². The summed E-state index contributed by atoms with van der Waals surface area (Å²) in [7, 11) is -3.74. The van der Waals surface area contributed by atoms with Gasteiger partial charge in [-0.15, -0.1) is 0 Å². The van der Waals surface area contributed by atoms with Gasteiger partial charge in [0.1, 0.15) is 5.82 Å². The molecule has 1 heterocycles. The zero-order chi connectivity index (χ0) is 29.0. The maximum absolute atomic E-state index is 13.3. The molecule has 2 aromatic carbocycles. The number of nitrogens with one attached hydrogen (secondary N) is 1. The fourth-order valence-corrected chi connectivity index (χ4v) is 4.87. The van der Waals surface area contributed by atoms with E-state index in [0.29, 0.717) is 13.0 Å². The Balaban J connectivity index is 0.000000728. The molecular formula is C28H45FN2O6S.